The minimum Gasteiger partial charge on any atom is -0.493 e. The van der Waals surface area contributed by atoms with E-state index in [2.05, 4.69) is 4.98 Å². The third-order valence-corrected chi connectivity index (χ3v) is 7.73. The summed E-state index contributed by atoms with van der Waals surface area (Å²) in [6.07, 6.45) is 1.79. The van der Waals surface area contributed by atoms with E-state index >= 15 is 0 Å². The van der Waals surface area contributed by atoms with E-state index in [-0.39, 0.29) is 4.90 Å². The minimum atomic E-state index is -3.62. The molecule has 0 radical (unpaired) electrons. The van der Waals surface area contributed by atoms with Gasteiger partial charge in [0, 0.05) is 19.6 Å². The van der Waals surface area contributed by atoms with Gasteiger partial charge in [0.1, 0.15) is 0 Å². The van der Waals surface area contributed by atoms with Gasteiger partial charge in [0.15, 0.2) is 17.3 Å². The highest BCUT2D eigenvalue weighted by Gasteiger charge is 2.27. The molecule has 1 aliphatic heterocycles. The number of methoxy groups -OCH3 is 2. The zero-order valence-electron chi connectivity index (χ0n) is 18.7. The molecular formula is C23H26ClN3O5S. The van der Waals surface area contributed by atoms with Crippen LogP contribution in [0.4, 0.5) is 0 Å². The molecule has 1 aliphatic rings. The van der Waals surface area contributed by atoms with E-state index in [1.807, 2.05) is 23.6 Å². The maximum absolute atomic E-state index is 13.1. The van der Waals surface area contributed by atoms with Gasteiger partial charge in [-0.2, -0.15) is 4.31 Å². The van der Waals surface area contributed by atoms with Crippen molar-refractivity contribution < 1.29 is 22.6 Å². The molecule has 0 amide bonds. The molecule has 1 saturated heterocycles. The van der Waals surface area contributed by atoms with Crippen molar-refractivity contribution in [3.8, 4) is 11.5 Å². The van der Waals surface area contributed by atoms with Crippen LogP contribution in [0.1, 0.15) is 18.3 Å². The molecule has 10 heteroatoms. The van der Waals surface area contributed by atoms with Crippen molar-refractivity contribution in [3.63, 3.8) is 0 Å². The van der Waals surface area contributed by atoms with Gasteiger partial charge in [-0.25, -0.2) is 13.4 Å². The Morgan fingerprint density at radius 3 is 2.52 bits per heavy atom. The molecule has 3 aromatic rings. The number of benzene rings is 2. The van der Waals surface area contributed by atoms with Gasteiger partial charge in [-0.1, -0.05) is 17.7 Å². The van der Waals surface area contributed by atoms with Crippen molar-refractivity contribution >= 4 is 43.8 Å². The minimum absolute atomic E-state index is 0.212. The molecule has 0 N–H and O–H groups in total. The van der Waals surface area contributed by atoms with Crippen LogP contribution >= 0.6 is 11.6 Å². The quantitative estimate of drug-likeness (QED) is 0.499. The Morgan fingerprint density at radius 2 is 1.85 bits per heavy atom. The summed E-state index contributed by atoms with van der Waals surface area (Å²) in [7, 11) is -0.460. The molecule has 0 spiro atoms. The van der Waals surface area contributed by atoms with Gasteiger partial charge >= 0.3 is 0 Å². The number of hydrogen-bond acceptors (Lipinski definition) is 6. The fourth-order valence-electron chi connectivity index (χ4n) is 3.86. The zero-order chi connectivity index (χ0) is 23.6. The molecule has 0 unspecified atom stereocenters. The summed E-state index contributed by atoms with van der Waals surface area (Å²) < 4.78 is 45.4. The molecule has 0 atom stereocenters. The Morgan fingerprint density at radius 1 is 1.12 bits per heavy atom. The van der Waals surface area contributed by atoms with Gasteiger partial charge in [0.25, 0.3) is 0 Å². The van der Waals surface area contributed by atoms with Gasteiger partial charge in [-0.15, -0.1) is 0 Å². The Kier molecular flexibility index (Phi) is 6.94. The van der Waals surface area contributed by atoms with Crippen molar-refractivity contribution in [2.75, 3.05) is 40.5 Å². The highest BCUT2D eigenvalue weighted by Crippen LogP contribution is 2.32. The normalized spacial score (nSPS) is 15.7. The topological polar surface area (TPSA) is 82.9 Å². The van der Waals surface area contributed by atoms with Crippen LogP contribution in [0.3, 0.4) is 0 Å². The first-order valence-corrected chi connectivity index (χ1v) is 12.4. The first kappa shape index (κ1) is 23.6. The molecule has 1 fully saturated rings. The predicted molar refractivity (Wildman–Crippen MR) is 128 cm³/mol. The average Bonchev–Trinajstić information content (AvgIpc) is 3.22. The number of aryl methyl sites for hydroxylation is 1. The van der Waals surface area contributed by atoms with Crippen LogP contribution in [0, 0.1) is 0 Å². The maximum Gasteiger partial charge on any atom is 0.243 e. The molecule has 2 heterocycles. The standard InChI is InChI=1S/C23H26ClN3O5S/c1-4-27-20-7-6-17(33(28,29)26-9-11-32-12-10-26)15-19(20)25-23(27)18(24)13-16-5-8-21(30-2)22(14-16)31-3/h5-8,13-15H,4,9-12H2,1-3H3/b18-13-. The molecular weight excluding hydrogens is 466 g/mol. The Bertz CT molecular complexity index is 1300. The van der Waals surface area contributed by atoms with E-state index < -0.39 is 10.0 Å². The van der Waals surface area contributed by atoms with Crippen LogP contribution in [0.5, 0.6) is 11.5 Å². The van der Waals surface area contributed by atoms with Crippen molar-refractivity contribution in [2.45, 2.75) is 18.4 Å². The second kappa shape index (κ2) is 9.72. The van der Waals surface area contributed by atoms with Crippen molar-refractivity contribution in [1.82, 2.24) is 13.9 Å². The number of morpholine rings is 1. The molecule has 0 aliphatic carbocycles. The van der Waals surface area contributed by atoms with Crippen LogP contribution in [-0.2, 0) is 21.3 Å². The van der Waals surface area contributed by atoms with Gasteiger partial charge in [-0.05, 0) is 48.9 Å². The van der Waals surface area contributed by atoms with E-state index in [4.69, 9.17) is 25.8 Å². The summed E-state index contributed by atoms with van der Waals surface area (Å²) in [5, 5.41) is 0.429. The summed E-state index contributed by atoms with van der Waals surface area (Å²) in [6, 6.07) is 10.5. The number of nitrogens with zero attached hydrogens (tertiary/aromatic N) is 3. The lowest BCUT2D eigenvalue weighted by Gasteiger charge is -2.26. The fourth-order valence-corrected chi connectivity index (χ4v) is 5.56. The second-order valence-electron chi connectivity index (χ2n) is 7.45. The van der Waals surface area contributed by atoms with E-state index in [1.54, 1.807) is 44.6 Å². The number of imidazole rings is 1. The number of halogens is 1. The van der Waals surface area contributed by atoms with E-state index in [1.165, 1.54) is 4.31 Å². The van der Waals surface area contributed by atoms with Crippen LogP contribution in [0.25, 0.3) is 22.1 Å². The lowest BCUT2D eigenvalue weighted by Crippen LogP contribution is -2.40. The monoisotopic (exact) mass is 491 g/mol. The number of ether oxygens (including phenoxy) is 3. The van der Waals surface area contributed by atoms with Crippen LogP contribution in [0.2, 0.25) is 0 Å². The SMILES string of the molecule is CCn1c(/C(Cl)=C/c2ccc(OC)c(OC)c2)nc2cc(S(=O)(=O)N3CCOCC3)ccc21. The molecule has 0 saturated carbocycles. The van der Waals surface area contributed by atoms with Gasteiger partial charge in [0.05, 0.1) is 48.4 Å². The maximum atomic E-state index is 13.1. The van der Waals surface area contributed by atoms with E-state index in [0.717, 1.165) is 11.1 Å². The van der Waals surface area contributed by atoms with Crippen molar-refractivity contribution in [1.29, 1.82) is 0 Å². The van der Waals surface area contributed by atoms with Gasteiger partial charge < -0.3 is 18.8 Å². The summed E-state index contributed by atoms with van der Waals surface area (Å²) >= 11 is 6.68. The third kappa shape index (κ3) is 4.59. The van der Waals surface area contributed by atoms with E-state index in [9.17, 15) is 8.42 Å². The second-order valence-corrected chi connectivity index (χ2v) is 9.80. The van der Waals surface area contributed by atoms with Gasteiger partial charge in [-0.3, -0.25) is 0 Å². The van der Waals surface area contributed by atoms with Crippen LogP contribution in [0.15, 0.2) is 41.3 Å². The van der Waals surface area contributed by atoms with Crippen molar-refractivity contribution in [2.24, 2.45) is 0 Å². The smallest absolute Gasteiger partial charge is 0.243 e. The number of rotatable bonds is 7. The number of hydrogen-bond donors (Lipinski definition) is 0. The predicted octanol–water partition coefficient (Wildman–Crippen LogP) is 3.83. The summed E-state index contributed by atoms with van der Waals surface area (Å²) in [4.78, 5) is 4.89. The van der Waals surface area contributed by atoms with E-state index in [0.29, 0.717) is 60.7 Å². The first-order chi connectivity index (χ1) is 15.9. The number of aromatic nitrogens is 2. The molecule has 1 aromatic heterocycles. The highest BCUT2D eigenvalue weighted by atomic mass is 35.5. The summed E-state index contributed by atoms with van der Waals surface area (Å²) in [5.74, 6) is 1.78. The molecule has 0 bridgehead atoms. The summed E-state index contributed by atoms with van der Waals surface area (Å²) in [5.41, 5.74) is 2.20. The fraction of sp³-hybridized carbons (Fsp3) is 0.348. The largest absolute Gasteiger partial charge is 0.493 e. The van der Waals surface area contributed by atoms with Crippen LogP contribution < -0.4 is 9.47 Å². The third-order valence-electron chi connectivity index (χ3n) is 5.56. The highest BCUT2D eigenvalue weighted by molar-refractivity contribution is 7.89. The Hall–Kier alpha value is -2.59. The molecule has 176 valence electrons. The molecule has 2 aromatic carbocycles. The molecule has 33 heavy (non-hydrogen) atoms. The Labute approximate surface area is 198 Å². The first-order valence-electron chi connectivity index (χ1n) is 10.6. The van der Waals surface area contributed by atoms with Gasteiger partial charge in [0.2, 0.25) is 10.0 Å². The lowest BCUT2D eigenvalue weighted by atomic mass is 10.2. The lowest BCUT2D eigenvalue weighted by molar-refractivity contribution is 0.0730. The summed E-state index contributed by atoms with van der Waals surface area (Å²) in [6.45, 7) is 4.09. The van der Waals surface area contributed by atoms with Crippen LogP contribution in [-0.4, -0.2) is 62.8 Å². The molecule has 4 rings (SSSR count). The zero-order valence-corrected chi connectivity index (χ0v) is 20.3. The average molecular weight is 492 g/mol. The van der Waals surface area contributed by atoms with Crippen molar-refractivity contribution in [3.05, 3.63) is 47.8 Å². The number of fused-ring (bicyclic) bond motifs is 1. The number of sulfonamides is 1. The molecule has 8 nitrogen and oxygen atoms in total. The Balaban J connectivity index is 1.73.